The number of hydrogen-bond donors (Lipinski definition) is 0. The lowest BCUT2D eigenvalue weighted by Crippen LogP contribution is -2.47. The summed E-state index contributed by atoms with van der Waals surface area (Å²) >= 11 is 0. The Bertz CT molecular complexity index is 1440. The molecule has 2 aromatic heterocycles. The Morgan fingerprint density at radius 2 is 1.54 bits per heavy atom. The van der Waals surface area contributed by atoms with E-state index in [1.54, 1.807) is 20.3 Å². The van der Waals surface area contributed by atoms with E-state index < -0.39 is 11.7 Å². The average molecular weight is 512 g/mol. The highest BCUT2D eigenvalue weighted by Gasteiger charge is 2.31. The highest BCUT2D eigenvalue weighted by atomic mass is 19.4. The Balaban J connectivity index is 1.45. The van der Waals surface area contributed by atoms with Crippen LogP contribution in [0.25, 0.3) is 16.8 Å². The van der Waals surface area contributed by atoms with Crippen LogP contribution in [-0.2, 0) is 6.18 Å². The van der Waals surface area contributed by atoms with Crippen molar-refractivity contribution in [2.45, 2.75) is 20.0 Å². The molecule has 1 aliphatic rings. The molecule has 37 heavy (non-hydrogen) atoms. The molecule has 0 aliphatic carbocycles. The molecule has 0 radical (unpaired) electrons. The van der Waals surface area contributed by atoms with E-state index in [0.29, 0.717) is 43.4 Å². The van der Waals surface area contributed by atoms with E-state index in [1.165, 1.54) is 12.1 Å². The van der Waals surface area contributed by atoms with Crippen LogP contribution in [0.4, 0.5) is 24.7 Å². The standard InChI is InChI=1S/C27H28F3N5O2/c1-17-14-24(34-12-10-33(11-13-34)21-7-5-6-20(16-21)27(28,29)30)35-26(31-17)25(18(2)32-35)19-8-9-22(36-3)23(15-19)37-4/h5-9,14-16H,10-13H2,1-4H3. The topological polar surface area (TPSA) is 55.1 Å². The normalized spacial score (nSPS) is 14.4. The molecule has 10 heteroatoms. The van der Waals surface area contributed by atoms with Crippen molar-refractivity contribution in [2.24, 2.45) is 0 Å². The average Bonchev–Trinajstić information content (AvgIpc) is 3.22. The van der Waals surface area contributed by atoms with Crippen molar-refractivity contribution in [1.29, 1.82) is 0 Å². The Kier molecular flexibility index (Phi) is 6.35. The minimum atomic E-state index is -4.36. The molecule has 194 valence electrons. The lowest BCUT2D eigenvalue weighted by atomic mass is 10.1. The zero-order valence-corrected chi connectivity index (χ0v) is 21.1. The van der Waals surface area contributed by atoms with Crippen LogP contribution >= 0.6 is 0 Å². The fourth-order valence-corrected chi connectivity index (χ4v) is 4.85. The van der Waals surface area contributed by atoms with Gasteiger partial charge in [0.2, 0.25) is 0 Å². The first kappa shape index (κ1) is 24.7. The van der Waals surface area contributed by atoms with Gasteiger partial charge >= 0.3 is 6.18 Å². The highest BCUT2D eigenvalue weighted by molar-refractivity contribution is 5.82. The molecule has 1 saturated heterocycles. The Morgan fingerprint density at radius 3 is 2.22 bits per heavy atom. The second-order valence-corrected chi connectivity index (χ2v) is 9.04. The van der Waals surface area contributed by atoms with Crippen LogP contribution in [0.3, 0.4) is 0 Å². The summed E-state index contributed by atoms with van der Waals surface area (Å²) in [5, 5.41) is 4.82. The Hall–Kier alpha value is -3.95. The van der Waals surface area contributed by atoms with Gasteiger partial charge in [0.1, 0.15) is 5.82 Å². The number of fused-ring (bicyclic) bond motifs is 1. The van der Waals surface area contributed by atoms with Gasteiger partial charge in [0.05, 0.1) is 25.5 Å². The summed E-state index contributed by atoms with van der Waals surface area (Å²) in [7, 11) is 3.20. The summed E-state index contributed by atoms with van der Waals surface area (Å²) in [5.74, 6) is 2.17. The third kappa shape index (κ3) is 4.63. The van der Waals surface area contributed by atoms with Gasteiger partial charge < -0.3 is 19.3 Å². The lowest BCUT2D eigenvalue weighted by molar-refractivity contribution is -0.137. The van der Waals surface area contributed by atoms with Gasteiger partial charge in [0.25, 0.3) is 0 Å². The quantitative estimate of drug-likeness (QED) is 0.359. The molecular formula is C27H28F3N5O2. The van der Waals surface area contributed by atoms with E-state index in [-0.39, 0.29) is 0 Å². The van der Waals surface area contributed by atoms with E-state index in [0.717, 1.165) is 40.0 Å². The molecule has 0 unspecified atom stereocenters. The van der Waals surface area contributed by atoms with Crippen molar-refractivity contribution in [3.63, 3.8) is 0 Å². The molecule has 1 aliphatic heterocycles. The van der Waals surface area contributed by atoms with E-state index in [9.17, 15) is 13.2 Å². The largest absolute Gasteiger partial charge is 0.493 e. The number of hydrogen-bond acceptors (Lipinski definition) is 6. The molecule has 3 heterocycles. The van der Waals surface area contributed by atoms with Gasteiger partial charge in [-0.3, -0.25) is 0 Å². The minimum Gasteiger partial charge on any atom is -0.493 e. The molecule has 4 aromatic rings. The van der Waals surface area contributed by atoms with Crippen LogP contribution in [-0.4, -0.2) is 55.0 Å². The predicted molar refractivity (Wildman–Crippen MR) is 137 cm³/mol. The number of halogens is 3. The van der Waals surface area contributed by atoms with Gasteiger partial charge in [-0.15, -0.1) is 0 Å². The monoisotopic (exact) mass is 511 g/mol. The number of methoxy groups -OCH3 is 2. The minimum absolute atomic E-state index is 0.580. The Morgan fingerprint density at radius 1 is 0.838 bits per heavy atom. The first-order valence-electron chi connectivity index (χ1n) is 12.0. The van der Waals surface area contributed by atoms with Gasteiger partial charge in [-0.2, -0.15) is 22.8 Å². The van der Waals surface area contributed by atoms with Gasteiger partial charge in [-0.1, -0.05) is 12.1 Å². The van der Waals surface area contributed by atoms with Crippen molar-refractivity contribution in [3.05, 3.63) is 65.5 Å². The van der Waals surface area contributed by atoms with E-state index in [1.807, 2.05) is 47.5 Å². The number of nitrogens with zero attached hydrogens (tertiary/aromatic N) is 5. The number of piperazine rings is 1. The van der Waals surface area contributed by atoms with Crippen LogP contribution < -0.4 is 19.3 Å². The number of alkyl halides is 3. The van der Waals surface area contributed by atoms with Crippen LogP contribution in [0.5, 0.6) is 11.5 Å². The van der Waals surface area contributed by atoms with Gasteiger partial charge in [0, 0.05) is 49.2 Å². The second-order valence-electron chi connectivity index (χ2n) is 9.04. The molecule has 0 saturated carbocycles. The zero-order valence-electron chi connectivity index (χ0n) is 21.1. The molecule has 0 amide bonds. The summed E-state index contributed by atoms with van der Waals surface area (Å²) in [6.45, 7) is 6.35. The second kappa shape index (κ2) is 9.49. The molecule has 0 spiro atoms. The van der Waals surface area contributed by atoms with Crippen molar-refractivity contribution >= 4 is 17.2 Å². The maximum absolute atomic E-state index is 13.2. The maximum atomic E-state index is 13.2. The SMILES string of the molecule is COc1ccc(-c2c(C)nn3c(N4CCN(c5cccc(C(F)(F)F)c5)CC4)cc(C)nc23)cc1OC. The number of aromatic nitrogens is 3. The number of aryl methyl sites for hydroxylation is 2. The maximum Gasteiger partial charge on any atom is 0.416 e. The highest BCUT2D eigenvalue weighted by Crippen LogP contribution is 2.37. The van der Waals surface area contributed by atoms with Crippen molar-refractivity contribution in [2.75, 3.05) is 50.2 Å². The molecule has 7 nitrogen and oxygen atoms in total. The molecule has 0 atom stereocenters. The van der Waals surface area contributed by atoms with E-state index >= 15 is 0 Å². The molecule has 1 fully saturated rings. The number of rotatable bonds is 5. The van der Waals surface area contributed by atoms with Crippen molar-refractivity contribution < 1.29 is 22.6 Å². The third-order valence-corrected chi connectivity index (χ3v) is 6.69. The van der Waals surface area contributed by atoms with E-state index in [4.69, 9.17) is 19.6 Å². The summed E-state index contributed by atoms with van der Waals surface area (Å²) in [6.07, 6.45) is -4.36. The molecular weight excluding hydrogens is 483 g/mol. The van der Waals surface area contributed by atoms with Crippen LogP contribution in [0.1, 0.15) is 17.0 Å². The van der Waals surface area contributed by atoms with Crippen LogP contribution in [0.2, 0.25) is 0 Å². The fourth-order valence-electron chi connectivity index (χ4n) is 4.85. The number of anilines is 2. The number of ether oxygens (including phenoxy) is 2. The molecule has 0 N–H and O–H groups in total. The molecule has 2 aromatic carbocycles. The third-order valence-electron chi connectivity index (χ3n) is 6.69. The zero-order chi connectivity index (χ0) is 26.3. The predicted octanol–water partition coefficient (Wildman–Crippen LogP) is 5.38. The number of benzene rings is 2. The molecule has 5 rings (SSSR count). The van der Waals surface area contributed by atoms with Gasteiger partial charge in [-0.05, 0) is 49.7 Å². The first-order chi connectivity index (χ1) is 17.7. The fraction of sp³-hybridized carbons (Fsp3) is 0.333. The van der Waals surface area contributed by atoms with Crippen molar-refractivity contribution in [3.8, 4) is 22.6 Å². The lowest BCUT2D eigenvalue weighted by Gasteiger charge is -2.37. The van der Waals surface area contributed by atoms with Gasteiger partial charge in [-0.25, -0.2) is 4.98 Å². The summed E-state index contributed by atoms with van der Waals surface area (Å²) < 4.78 is 52.3. The Labute approximate surface area is 213 Å². The smallest absolute Gasteiger partial charge is 0.416 e. The van der Waals surface area contributed by atoms with Gasteiger partial charge in [0.15, 0.2) is 17.1 Å². The summed E-state index contributed by atoms with van der Waals surface area (Å²) in [6, 6.07) is 13.2. The molecule has 0 bridgehead atoms. The van der Waals surface area contributed by atoms with Crippen LogP contribution in [0.15, 0.2) is 48.5 Å². The van der Waals surface area contributed by atoms with E-state index in [2.05, 4.69) is 4.90 Å². The van der Waals surface area contributed by atoms with Crippen LogP contribution in [0, 0.1) is 13.8 Å². The summed E-state index contributed by atoms with van der Waals surface area (Å²) in [4.78, 5) is 9.00. The first-order valence-corrected chi connectivity index (χ1v) is 12.0. The van der Waals surface area contributed by atoms with Crippen molar-refractivity contribution in [1.82, 2.24) is 14.6 Å². The summed E-state index contributed by atoms with van der Waals surface area (Å²) in [5.41, 5.74) is 4.19.